The number of allylic oxidation sites excluding steroid dienone is 3. The smallest absolute Gasteiger partial charge is 0.0716 e. The zero-order valence-electron chi connectivity index (χ0n) is 9.84. The van der Waals surface area contributed by atoms with Crippen LogP contribution in [0.1, 0.15) is 6.92 Å². The highest BCUT2D eigenvalue weighted by Crippen LogP contribution is 2.49. The molecule has 0 aromatic heterocycles. The molecule has 2 heterocycles. The zero-order chi connectivity index (χ0) is 11.9. The van der Waals surface area contributed by atoms with Crippen molar-refractivity contribution in [3.8, 4) is 0 Å². The van der Waals surface area contributed by atoms with E-state index in [9.17, 15) is 0 Å². The highest BCUT2D eigenvalue weighted by atomic mass is 15.2. The molecule has 16 heavy (non-hydrogen) atoms. The van der Waals surface area contributed by atoms with Crippen LogP contribution in [0.3, 0.4) is 0 Å². The van der Waals surface area contributed by atoms with Crippen LogP contribution in [-0.4, -0.2) is 18.0 Å². The molecule has 2 aliphatic heterocycles. The van der Waals surface area contributed by atoms with Gasteiger partial charge in [0.05, 0.1) is 5.41 Å². The third kappa shape index (κ3) is 1.19. The van der Waals surface area contributed by atoms with E-state index in [-0.39, 0.29) is 5.41 Å². The van der Waals surface area contributed by atoms with Gasteiger partial charge in [-0.3, -0.25) is 0 Å². The van der Waals surface area contributed by atoms with E-state index in [4.69, 9.17) is 0 Å². The van der Waals surface area contributed by atoms with Gasteiger partial charge < -0.3 is 10.2 Å². The quantitative estimate of drug-likeness (QED) is 0.776. The molecular formula is C14H18N2. The van der Waals surface area contributed by atoms with E-state index in [2.05, 4.69) is 36.5 Å². The van der Waals surface area contributed by atoms with E-state index < -0.39 is 0 Å². The average molecular weight is 214 g/mol. The third-order valence-corrected chi connectivity index (χ3v) is 3.54. The fourth-order valence-corrected chi connectivity index (χ4v) is 2.47. The molecule has 0 radical (unpaired) electrons. The van der Waals surface area contributed by atoms with Gasteiger partial charge in [0.15, 0.2) is 0 Å². The van der Waals surface area contributed by atoms with E-state index >= 15 is 0 Å². The summed E-state index contributed by atoms with van der Waals surface area (Å²) in [5, 5.41) is 3.30. The summed E-state index contributed by atoms with van der Waals surface area (Å²) in [6.07, 6.45) is 3.75. The molecule has 1 spiro atoms. The van der Waals surface area contributed by atoms with Gasteiger partial charge in [0.2, 0.25) is 0 Å². The van der Waals surface area contributed by atoms with Crippen LogP contribution in [0.4, 0.5) is 0 Å². The summed E-state index contributed by atoms with van der Waals surface area (Å²) in [6, 6.07) is 0. The standard InChI is InChI=1S/C14H18N2/c1-6-12-13(7-2)15-11(5)14(12)8-16(9-14)10(3)4/h6-7,15H,1-3,5,8-9H2,4H3. The predicted molar refractivity (Wildman–Crippen MR) is 68.5 cm³/mol. The van der Waals surface area contributed by atoms with Crippen LogP contribution >= 0.6 is 0 Å². The zero-order valence-corrected chi connectivity index (χ0v) is 9.84. The molecule has 0 aromatic carbocycles. The SMILES string of the molecule is C=CC1=C(C=C)C2(CN(C(=C)C)C2)C(=C)N1. The fraction of sp³-hybridized carbons (Fsp3) is 0.286. The van der Waals surface area contributed by atoms with Crippen molar-refractivity contribution in [2.24, 2.45) is 5.41 Å². The maximum atomic E-state index is 4.11. The van der Waals surface area contributed by atoms with Crippen molar-refractivity contribution < 1.29 is 0 Å². The van der Waals surface area contributed by atoms with Crippen molar-refractivity contribution >= 4 is 0 Å². The normalized spacial score (nSPS) is 21.8. The van der Waals surface area contributed by atoms with Crippen molar-refractivity contribution in [3.05, 3.63) is 61.1 Å². The summed E-state index contributed by atoms with van der Waals surface area (Å²) >= 11 is 0. The van der Waals surface area contributed by atoms with Crippen molar-refractivity contribution in [2.75, 3.05) is 13.1 Å². The van der Waals surface area contributed by atoms with E-state index in [0.29, 0.717) is 0 Å². The van der Waals surface area contributed by atoms with Gasteiger partial charge in [-0.15, -0.1) is 0 Å². The Kier molecular flexibility index (Phi) is 2.30. The van der Waals surface area contributed by atoms with Crippen molar-refractivity contribution in [1.82, 2.24) is 10.2 Å². The Bertz CT molecular complexity index is 420. The molecular weight excluding hydrogens is 196 g/mol. The van der Waals surface area contributed by atoms with Crippen LogP contribution < -0.4 is 5.32 Å². The van der Waals surface area contributed by atoms with Crippen LogP contribution in [0, 0.1) is 5.41 Å². The van der Waals surface area contributed by atoms with Gasteiger partial charge in [-0.1, -0.05) is 32.4 Å². The lowest BCUT2D eigenvalue weighted by molar-refractivity contribution is 0.102. The van der Waals surface area contributed by atoms with Crippen LogP contribution in [0.2, 0.25) is 0 Å². The topological polar surface area (TPSA) is 15.3 Å². The number of rotatable bonds is 3. The van der Waals surface area contributed by atoms with E-state index in [1.54, 1.807) is 0 Å². The molecule has 2 aliphatic rings. The molecule has 2 rings (SSSR count). The minimum atomic E-state index is 0.0181. The molecule has 0 atom stereocenters. The van der Waals surface area contributed by atoms with Gasteiger partial charge in [0.25, 0.3) is 0 Å². The lowest BCUT2D eigenvalue weighted by Gasteiger charge is -2.50. The Labute approximate surface area is 97.3 Å². The van der Waals surface area contributed by atoms with Gasteiger partial charge in [-0.05, 0) is 18.6 Å². The minimum Gasteiger partial charge on any atom is -0.373 e. The molecule has 1 saturated heterocycles. The molecule has 2 nitrogen and oxygen atoms in total. The number of hydrogen-bond acceptors (Lipinski definition) is 2. The molecule has 0 saturated carbocycles. The van der Waals surface area contributed by atoms with Gasteiger partial charge in [0, 0.05) is 30.2 Å². The first kappa shape index (κ1) is 10.8. The largest absolute Gasteiger partial charge is 0.373 e. The maximum Gasteiger partial charge on any atom is 0.0716 e. The second-order valence-electron chi connectivity index (χ2n) is 4.51. The Morgan fingerprint density at radius 2 is 2.00 bits per heavy atom. The monoisotopic (exact) mass is 214 g/mol. The van der Waals surface area contributed by atoms with Gasteiger partial charge in [-0.25, -0.2) is 0 Å². The summed E-state index contributed by atoms with van der Waals surface area (Å²) in [6.45, 7) is 19.7. The number of hydrogen-bond donors (Lipinski definition) is 1. The molecule has 0 aromatic rings. The Hall–Kier alpha value is -1.70. The molecule has 1 fully saturated rings. The van der Waals surface area contributed by atoms with Crippen LogP contribution in [0.15, 0.2) is 61.1 Å². The maximum absolute atomic E-state index is 4.11. The molecule has 0 bridgehead atoms. The van der Waals surface area contributed by atoms with Crippen LogP contribution in [0.5, 0.6) is 0 Å². The second kappa shape index (κ2) is 3.41. The van der Waals surface area contributed by atoms with E-state index in [1.165, 1.54) is 5.57 Å². The lowest BCUT2D eigenvalue weighted by Crippen LogP contribution is -2.56. The summed E-state index contributed by atoms with van der Waals surface area (Å²) < 4.78 is 0. The van der Waals surface area contributed by atoms with Crippen LogP contribution in [0.25, 0.3) is 0 Å². The Morgan fingerprint density at radius 1 is 1.38 bits per heavy atom. The highest BCUT2D eigenvalue weighted by Gasteiger charge is 2.51. The Morgan fingerprint density at radius 3 is 2.44 bits per heavy atom. The first-order chi connectivity index (χ1) is 7.55. The second-order valence-corrected chi connectivity index (χ2v) is 4.51. The molecule has 1 N–H and O–H groups in total. The molecule has 84 valence electrons. The van der Waals surface area contributed by atoms with Gasteiger partial charge >= 0.3 is 0 Å². The number of nitrogens with one attached hydrogen (secondary N) is 1. The number of nitrogens with zero attached hydrogens (tertiary/aromatic N) is 1. The molecule has 0 unspecified atom stereocenters. The van der Waals surface area contributed by atoms with E-state index in [0.717, 1.165) is 30.2 Å². The first-order valence-corrected chi connectivity index (χ1v) is 5.41. The summed E-state index contributed by atoms with van der Waals surface area (Å²) in [5.74, 6) is 0. The lowest BCUT2D eigenvalue weighted by atomic mass is 9.72. The highest BCUT2D eigenvalue weighted by molar-refractivity contribution is 5.51. The summed E-state index contributed by atoms with van der Waals surface area (Å²) in [5.41, 5.74) is 4.43. The molecule has 0 amide bonds. The van der Waals surface area contributed by atoms with E-state index in [1.807, 2.05) is 19.1 Å². The third-order valence-electron chi connectivity index (χ3n) is 3.54. The molecule has 2 heteroatoms. The first-order valence-electron chi connectivity index (χ1n) is 5.41. The predicted octanol–water partition coefficient (Wildman–Crippen LogP) is 2.57. The van der Waals surface area contributed by atoms with Crippen LogP contribution in [-0.2, 0) is 0 Å². The summed E-state index contributed by atoms with van der Waals surface area (Å²) in [7, 11) is 0. The fourth-order valence-electron chi connectivity index (χ4n) is 2.47. The van der Waals surface area contributed by atoms with Gasteiger partial charge in [-0.2, -0.15) is 0 Å². The minimum absolute atomic E-state index is 0.0181. The van der Waals surface area contributed by atoms with Crippen molar-refractivity contribution in [3.63, 3.8) is 0 Å². The summed E-state index contributed by atoms with van der Waals surface area (Å²) in [4.78, 5) is 2.25. The van der Waals surface area contributed by atoms with Crippen molar-refractivity contribution in [1.29, 1.82) is 0 Å². The number of likely N-dealkylation sites (tertiary alicyclic amines) is 1. The molecule has 0 aliphatic carbocycles. The van der Waals surface area contributed by atoms with Gasteiger partial charge in [0.1, 0.15) is 0 Å². The Balaban J connectivity index is 2.32. The average Bonchev–Trinajstić information content (AvgIpc) is 2.47. The van der Waals surface area contributed by atoms with Crippen molar-refractivity contribution in [2.45, 2.75) is 6.92 Å².